The molecule has 1 heterocycles. The number of hydrogen-bond acceptors (Lipinski definition) is 3. The van der Waals surface area contributed by atoms with Crippen LogP contribution in [0.4, 0.5) is 13.2 Å². The fraction of sp³-hybridized carbons (Fsp3) is 0.417. The summed E-state index contributed by atoms with van der Waals surface area (Å²) in [6.07, 6.45) is -3.98. The predicted octanol–water partition coefficient (Wildman–Crippen LogP) is 1.79. The number of rotatable bonds is 3. The lowest BCUT2D eigenvalue weighted by Gasteiger charge is -2.24. The summed E-state index contributed by atoms with van der Waals surface area (Å²) in [5.74, 6) is -0.361. The highest BCUT2D eigenvalue weighted by molar-refractivity contribution is 7.89. The van der Waals surface area contributed by atoms with Gasteiger partial charge in [-0.15, -0.1) is 0 Å². The van der Waals surface area contributed by atoms with Crippen LogP contribution in [0.15, 0.2) is 29.2 Å². The summed E-state index contributed by atoms with van der Waals surface area (Å²) in [4.78, 5) is -0.800. The normalized spacial score (nSPS) is 20.6. The van der Waals surface area contributed by atoms with Gasteiger partial charge >= 0.3 is 6.18 Å². The molecule has 0 saturated carbocycles. The van der Waals surface area contributed by atoms with Crippen LogP contribution >= 0.6 is 0 Å². The second-order valence-electron chi connectivity index (χ2n) is 4.72. The van der Waals surface area contributed by atoms with Gasteiger partial charge in [-0.3, -0.25) is 5.41 Å². The van der Waals surface area contributed by atoms with E-state index in [0.717, 1.165) is 22.5 Å². The van der Waals surface area contributed by atoms with Crippen LogP contribution in [-0.2, 0) is 16.2 Å². The van der Waals surface area contributed by atoms with E-state index >= 15 is 0 Å². The molecule has 1 aromatic carbocycles. The molecule has 2 rings (SSSR count). The van der Waals surface area contributed by atoms with E-state index in [1.807, 2.05) is 0 Å². The Morgan fingerprint density at radius 3 is 2.52 bits per heavy atom. The molecule has 0 aromatic heterocycles. The van der Waals surface area contributed by atoms with Crippen LogP contribution < -0.4 is 5.73 Å². The zero-order valence-corrected chi connectivity index (χ0v) is 11.7. The summed E-state index contributed by atoms with van der Waals surface area (Å²) in [5, 5.41) is 7.39. The van der Waals surface area contributed by atoms with Gasteiger partial charge in [-0.1, -0.05) is 12.1 Å². The topological polar surface area (TPSA) is 87.2 Å². The number of hydrogen-bond donors (Lipinski definition) is 2. The smallest absolute Gasteiger partial charge is 0.386 e. The van der Waals surface area contributed by atoms with Crippen molar-refractivity contribution in [1.29, 1.82) is 5.41 Å². The Labute approximate surface area is 120 Å². The Morgan fingerprint density at radius 2 is 1.95 bits per heavy atom. The number of nitrogens with one attached hydrogen (secondary N) is 1. The van der Waals surface area contributed by atoms with Gasteiger partial charge in [0.05, 0.1) is 16.5 Å². The maximum atomic E-state index is 13.0. The summed E-state index contributed by atoms with van der Waals surface area (Å²) >= 11 is 0. The zero-order valence-electron chi connectivity index (χ0n) is 10.9. The fourth-order valence-electron chi connectivity index (χ4n) is 2.39. The molecular weight excluding hydrogens is 307 g/mol. The van der Waals surface area contributed by atoms with Crippen LogP contribution in [0.1, 0.15) is 18.4 Å². The molecule has 1 atom stereocenters. The van der Waals surface area contributed by atoms with Crippen molar-refractivity contribution in [3.63, 3.8) is 0 Å². The highest BCUT2D eigenvalue weighted by Gasteiger charge is 2.42. The molecule has 0 aliphatic carbocycles. The van der Waals surface area contributed by atoms with Gasteiger partial charge in [0.25, 0.3) is 0 Å². The van der Waals surface area contributed by atoms with E-state index < -0.39 is 32.7 Å². The van der Waals surface area contributed by atoms with Crippen molar-refractivity contribution < 1.29 is 21.6 Å². The summed E-state index contributed by atoms with van der Waals surface area (Å²) in [5.41, 5.74) is 4.13. The van der Waals surface area contributed by atoms with Crippen LogP contribution in [0.25, 0.3) is 0 Å². The minimum atomic E-state index is -4.77. The first-order valence-electron chi connectivity index (χ1n) is 6.17. The number of alkyl halides is 3. The van der Waals surface area contributed by atoms with E-state index in [1.54, 1.807) is 0 Å². The van der Waals surface area contributed by atoms with Gasteiger partial charge in [-0.25, -0.2) is 8.42 Å². The van der Waals surface area contributed by atoms with Gasteiger partial charge < -0.3 is 5.73 Å². The lowest BCUT2D eigenvalue weighted by molar-refractivity contribution is -0.139. The molecule has 1 saturated heterocycles. The van der Waals surface area contributed by atoms with Crippen molar-refractivity contribution >= 4 is 15.9 Å². The summed E-state index contributed by atoms with van der Waals surface area (Å²) < 4.78 is 64.8. The second-order valence-corrected chi connectivity index (χ2v) is 6.58. The van der Waals surface area contributed by atoms with Gasteiger partial charge in [0.2, 0.25) is 10.0 Å². The van der Waals surface area contributed by atoms with Crippen molar-refractivity contribution in [2.45, 2.75) is 30.0 Å². The van der Waals surface area contributed by atoms with Crippen LogP contribution in [0, 0.1) is 5.41 Å². The molecule has 5 nitrogen and oxygen atoms in total. The van der Waals surface area contributed by atoms with E-state index in [4.69, 9.17) is 11.1 Å². The SMILES string of the molecule is N=C(N)C1CCCN1S(=O)(=O)c1ccccc1C(F)(F)F. The van der Waals surface area contributed by atoms with Gasteiger partial charge in [0.15, 0.2) is 0 Å². The molecule has 1 fully saturated rings. The minimum absolute atomic E-state index is 0.0543. The van der Waals surface area contributed by atoms with Gasteiger partial charge in [0, 0.05) is 6.54 Å². The lowest BCUT2D eigenvalue weighted by atomic mass is 10.2. The van der Waals surface area contributed by atoms with E-state index in [-0.39, 0.29) is 12.4 Å². The Kier molecular flexibility index (Phi) is 3.98. The average Bonchev–Trinajstić information content (AvgIpc) is 2.88. The Hall–Kier alpha value is -1.61. The van der Waals surface area contributed by atoms with Crippen LogP contribution in [0.5, 0.6) is 0 Å². The molecule has 0 bridgehead atoms. The molecule has 1 aliphatic rings. The van der Waals surface area contributed by atoms with E-state index in [9.17, 15) is 21.6 Å². The molecular formula is C12H14F3N3O2S. The van der Waals surface area contributed by atoms with Crippen molar-refractivity contribution in [2.75, 3.05) is 6.54 Å². The molecule has 1 aliphatic heterocycles. The predicted molar refractivity (Wildman–Crippen MR) is 70.3 cm³/mol. The Balaban J connectivity index is 2.53. The van der Waals surface area contributed by atoms with E-state index in [2.05, 4.69) is 0 Å². The van der Waals surface area contributed by atoms with Gasteiger partial charge in [-0.2, -0.15) is 17.5 Å². The molecule has 0 spiro atoms. The van der Waals surface area contributed by atoms with Crippen molar-refractivity contribution in [1.82, 2.24) is 4.31 Å². The molecule has 3 N–H and O–H groups in total. The molecule has 21 heavy (non-hydrogen) atoms. The summed E-state index contributed by atoms with van der Waals surface area (Å²) in [6.45, 7) is 0.0543. The van der Waals surface area contributed by atoms with Crippen molar-refractivity contribution in [3.8, 4) is 0 Å². The average molecular weight is 321 g/mol. The number of nitrogens with two attached hydrogens (primary N) is 1. The fourth-order valence-corrected chi connectivity index (χ4v) is 4.28. The third-order valence-corrected chi connectivity index (χ3v) is 5.31. The van der Waals surface area contributed by atoms with Crippen molar-refractivity contribution in [2.24, 2.45) is 5.73 Å². The molecule has 9 heteroatoms. The number of sulfonamides is 1. The van der Waals surface area contributed by atoms with E-state index in [0.29, 0.717) is 12.8 Å². The number of nitrogens with zero attached hydrogens (tertiary/aromatic N) is 1. The number of halogens is 3. The zero-order chi connectivity index (χ0) is 15.8. The highest BCUT2D eigenvalue weighted by Crippen LogP contribution is 2.36. The first kappa shape index (κ1) is 15.8. The monoisotopic (exact) mass is 321 g/mol. The molecule has 1 unspecified atom stereocenters. The Morgan fingerprint density at radius 1 is 1.33 bits per heavy atom. The molecule has 0 radical (unpaired) electrons. The standard InChI is InChI=1S/C12H14F3N3O2S/c13-12(14,15)8-4-1-2-6-10(8)21(19,20)18-7-3-5-9(18)11(16)17/h1-2,4,6,9H,3,5,7H2,(H3,16,17). The lowest BCUT2D eigenvalue weighted by Crippen LogP contribution is -2.43. The van der Waals surface area contributed by atoms with Crippen LogP contribution in [0.2, 0.25) is 0 Å². The first-order valence-corrected chi connectivity index (χ1v) is 7.61. The summed E-state index contributed by atoms with van der Waals surface area (Å²) in [7, 11) is -4.35. The number of benzene rings is 1. The van der Waals surface area contributed by atoms with Crippen LogP contribution in [-0.4, -0.2) is 31.1 Å². The number of amidine groups is 1. The molecule has 1 aromatic rings. The quantitative estimate of drug-likeness (QED) is 0.657. The largest absolute Gasteiger partial charge is 0.417 e. The first-order chi connectivity index (χ1) is 9.65. The van der Waals surface area contributed by atoms with Gasteiger partial charge in [-0.05, 0) is 25.0 Å². The van der Waals surface area contributed by atoms with E-state index in [1.165, 1.54) is 6.07 Å². The highest BCUT2D eigenvalue weighted by atomic mass is 32.2. The minimum Gasteiger partial charge on any atom is -0.386 e. The maximum Gasteiger partial charge on any atom is 0.417 e. The second kappa shape index (κ2) is 5.30. The third-order valence-electron chi connectivity index (χ3n) is 3.34. The molecule has 116 valence electrons. The maximum absolute atomic E-state index is 13.0. The third kappa shape index (κ3) is 2.88. The van der Waals surface area contributed by atoms with Crippen molar-refractivity contribution in [3.05, 3.63) is 29.8 Å². The Bertz CT molecular complexity index is 658. The van der Waals surface area contributed by atoms with Crippen LogP contribution in [0.3, 0.4) is 0 Å². The molecule has 0 amide bonds. The summed E-state index contributed by atoms with van der Waals surface area (Å²) in [6, 6.07) is 3.14. The van der Waals surface area contributed by atoms with Gasteiger partial charge in [0.1, 0.15) is 5.84 Å².